The molecule has 5 rings (SSSR count). The first kappa shape index (κ1) is 21.2. The first-order chi connectivity index (χ1) is 15.6. The predicted molar refractivity (Wildman–Crippen MR) is 125 cm³/mol. The lowest BCUT2D eigenvalue weighted by molar-refractivity contribution is 0.121. The average molecular weight is 451 g/mol. The van der Waals surface area contributed by atoms with Crippen molar-refractivity contribution in [2.45, 2.75) is 39.2 Å². The highest BCUT2D eigenvalue weighted by atomic mass is 35.5. The molecule has 3 aromatic rings. The van der Waals surface area contributed by atoms with Gasteiger partial charge in [-0.05, 0) is 36.8 Å². The van der Waals surface area contributed by atoms with Crippen LogP contribution in [0.4, 0.5) is 5.95 Å². The normalized spacial score (nSPS) is 21.6. The fourth-order valence-electron chi connectivity index (χ4n) is 4.86. The molecule has 3 heterocycles. The Morgan fingerprint density at radius 3 is 2.62 bits per heavy atom. The van der Waals surface area contributed by atoms with Crippen LogP contribution < -0.4 is 4.90 Å². The minimum Gasteiger partial charge on any atom is -0.378 e. The third-order valence-corrected chi connectivity index (χ3v) is 6.89. The van der Waals surface area contributed by atoms with Gasteiger partial charge in [0.15, 0.2) is 5.65 Å². The highest BCUT2D eigenvalue weighted by molar-refractivity contribution is 6.30. The number of rotatable bonds is 4. The van der Waals surface area contributed by atoms with Crippen LogP contribution in [0.3, 0.4) is 0 Å². The fourth-order valence-corrected chi connectivity index (χ4v) is 5.05. The summed E-state index contributed by atoms with van der Waals surface area (Å²) in [5.41, 5.74) is 3.03. The minimum absolute atomic E-state index is 0.122. The summed E-state index contributed by atoms with van der Waals surface area (Å²) in [4.78, 5) is 16.3. The standard InChI is InChI=1S/C24H27ClN6O/c1-16-5-7-17(8-6-16)15-31-22-21(18-3-2-4-19(25)13-18)27-20(14-26)28-23(22)29-24(31)30-9-11-32-12-10-30/h2-4,13,16-17H,5-12,15H2,1H3. The van der Waals surface area contributed by atoms with Crippen LogP contribution >= 0.6 is 11.6 Å². The summed E-state index contributed by atoms with van der Waals surface area (Å²) in [5, 5.41) is 10.2. The molecule has 0 spiro atoms. The SMILES string of the molecule is CC1CCC(Cn2c(N3CCOCC3)nc3nc(C#N)nc(-c4cccc(Cl)c4)c32)CC1. The smallest absolute Gasteiger partial charge is 0.234 e. The molecule has 1 aliphatic carbocycles. The molecule has 0 N–H and O–H groups in total. The summed E-state index contributed by atoms with van der Waals surface area (Å²) in [6.07, 6.45) is 4.96. The van der Waals surface area contributed by atoms with Gasteiger partial charge in [0.05, 0.1) is 13.2 Å². The van der Waals surface area contributed by atoms with Crippen LogP contribution in [0.15, 0.2) is 24.3 Å². The van der Waals surface area contributed by atoms with E-state index in [-0.39, 0.29) is 5.82 Å². The van der Waals surface area contributed by atoms with Crippen molar-refractivity contribution in [3.63, 3.8) is 0 Å². The molecule has 8 heteroatoms. The maximum atomic E-state index is 9.57. The summed E-state index contributed by atoms with van der Waals surface area (Å²) in [7, 11) is 0. The first-order valence-electron chi connectivity index (χ1n) is 11.4. The minimum atomic E-state index is 0.122. The van der Waals surface area contributed by atoms with E-state index in [4.69, 9.17) is 21.3 Å². The third kappa shape index (κ3) is 4.17. The average Bonchev–Trinajstić information content (AvgIpc) is 3.18. The molecular weight excluding hydrogens is 424 g/mol. The fraction of sp³-hybridized carbons (Fsp3) is 0.500. The van der Waals surface area contributed by atoms with Crippen LogP contribution in [-0.4, -0.2) is 45.8 Å². The van der Waals surface area contributed by atoms with Gasteiger partial charge in [-0.1, -0.05) is 43.5 Å². The van der Waals surface area contributed by atoms with Crippen LogP contribution in [0.1, 0.15) is 38.4 Å². The van der Waals surface area contributed by atoms with Gasteiger partial charge in [-0.15, -0.1) is 0 Å². The maximum Gasteiger partial charge on any atom is 0.234 e. The molecule has 0 radical (unpaired) electrons. The molecule has 2 aliphatic rings. The molecule has 2 fully saturated rings. The molecule has 1 saturated carbocycles. The van der Waals surface area contributed by atoms with E-state index >= 15 is 0 Å². The van der Waals surface area contributed by atoms with E-state index in [1.54, 1.807) is 0 Å². The van der Waals surface area contributed by atoms with Crippen molar-refractivity contribution in [1.29, 1.82) is 5.26 Å². The van der Waals surface area contributed by atoms with E-state index in [1.807, 2.05) is 24.3 Å². The van der Waals surface area contributed by atoms with Crippen molar-refractivity contribution in [3.05, 3.63) is 35.1 Å². The second-order valence-corrected chi connectivity index (χ2v) is 9.37. The number of ether oxygens (including phenoxy) is 1. The molecule has 0 unspecified atom stereocenters. The molecule has 1 aromatic carbocycles. The Hall–Kier alpha value is -2.69. The van der Waals surface area contributed by atoms with Crippen LogP contribution in [0.25, 0.3) is 22.4 Å². The number of imidazole rings is 1. The summed E-state index contributed by atoms with van der Waals surface area (Å²) in [6.45, 7) is 6.15. The summed E-state index contributed by atoms with van der Waals surface area (Å²) < 4.78 is 7.87. The number of nitriles is 1. The Kier molecular flexibility index (Phi) is 5.99. The van der Waals surface area contributed by atoms with E-state index in [9.17, 15) is 5.26 Å². The number of morpholine rings is 1. The number of fused-ring (bicyclic) bond motifs is 1. The highest BCUT2D eigenvalue weighted by Crippen LogP contribution is 2.35. The van der Waals surface area contributed by atoms with E-state index in [1.165, 1.54) is 25.7 Å². The summed E-state index contributed by atoms with van der Waals surface area (Å²) >= 11 is 6.30. The second kappa shape index (κ2) is 9.05. The van der Waals surface area contributed by atoms with Gasteiger partial charge < -0.3 is 14.2 Å². The maximum absolute atomic E-state index is 9.57. The number of hydrogen-bond donors (Lipinski definition) is 0. The van der Waals surface area contributed by atoms with Crippen LogP contribution in [0.2, 0.25) is 5.02 Å². The van der Waals surface area contributed by atoms with Gasteiger partial charge in [0.25, 0.3) is 0 Å². The van der Waals surface area contributed by atoms with Gasteiger partial charge in [-0.3, -0.25) is 0 Å². The van der Waals surface area contributed by atoms with Crippen LogP contribution in [-0.2, 0) is 11.3 Å². The van der Waals surface area contributed by atoms with Crippen molar-refractivity contribution in [2.24, 2.45) is 11.8 Å². The van der Waals surface area contributed by atoms with Crippen LogP contribution in [0, 0.1) is 23.2 Å². The topological polar surface area (TPSA) is 79.9 Å². The number of hydrogen-bond acceptors (Lipinski definition) is 6. The van der Waals surface area contributed by atoms with E-state index in [0.29, 0.717) is 35.5 Å². The van der Waals surface area contributed by atoms with E-state index in [0.717, 1.165) is 42.6 Å². The number of halogens is 1. The number of nitrogens with zero attached hydrogens (tertiary/aromatic N) is 6. The highest BCUT2D eigenvalue weighted by Gasteiger charge is 2.27. The Morgan fingerprint density at radius 1 is 1.12 bits per heavy atom. The lowest BCUT2D eigenvalue weighted by Crippen LogP contribution is -2.38. The Morgan fingerprint density at radius 2 is 1.91 bits per heavy atom. The lowest BCUT2D eigenvalue weighted by atomic mass is 9.83. The van der Waals surface area contributed by atoms with Crippen molar-refractivity contribution >= 4 is 28.7 Å². The van der Waals surface area contributed by atoms with Crippen molar-refractivity contribution in [2.75, 3.05) is 31.2 Å². The predicted octanol–water partition coefficient (Wildman–Crippen LogP) is 4.68. The van der Waals surface area contributed by atoms with Gasteiger partial charge >= 0.3 is 0 Å². The van der Waals surface area contributed by atoms with Gasteiger partial charge in [0, 0.05) is 30.2 Å². The molecule has 0 bridgehead atoms. The van der Waals surface area contributed by atoms with Gasteiger partial charge in [0.2, 0.25) is 11.8 Å². The zero-order valence-electron chi connectivity index (χ0n) is 18.3. The van der Waals surface area contributed by atoms with Gasteiger partial charge in [0.1, 0.15) is 17.3 Å². The van der Waals surface area contributed by atoms with Crippen molar-refractivity contribution in [3.8, 4) is 17.3 Å². The molecule has 0 amide bonds. The molecule has 2 aromatic heterocycles. The third-order valence-electron chi connectivity index (χ3n) is 6.65. The number of aromatic nitrogens is 4. The number of anilines is 1. The van der Waals surface area contributed by atoms with Crippen molar-refractivity contribution < 1.29 is 4.74 Å². The summed E-state index contributed by atoms with van der Waals surface area (Å²) in [5.74, 6) is 2.41. The van der Waals surface area contributed by atoms with Gasteiger partial charge in [-0.2, -0.15) is 15.2 Å². The Bertz CT molecular complexity index is 1160. The monoisotopic (exact) mass is 450 g/mol. The second-order valence-electron chi connectivity index (χ2n) is 8.94. The van der Waals surface area contributed by atoms with Crippen LogP contribution in [0.5, 0.6) is 0 Å². The molecular formula is C24H27ClN6O. The Balaban J connectivity index is 1.68. The zero-order chi connectivity index (χ0) is 22.1. The quantitative estimate of drug-likeness (QED) is 0.574. The van der Waals surface area contributed by atoms with E-state index in [2.05, 4.69) is 32.4 Å². The Labute approximate surface area is 193 Å². The number of benzene rings is 1. The largest absolute Gasteiger partial charge is 0.378 e. The molecule has 166 valence electrons. The molecule has 1 saturated heterocycles. The molecule has 7 nitrogen and oxygen atoms in total. The van der Waals surface area contributed by atoms with Gasteiger partial charge in [-0.25, -0.2) is 4.98 Å². The van der Waals surface area contributed by atoms with Crippen molar-refractivity contribution in [1.82, 2.24) is 19.5 Å². The molecule has 0 atom stereocenters. The molecule has 32 heavy (non-hydrogen) atoms. The lowest BCUT2D eigenvalue weighted by Gasteiger charge is -2.31. The van der Waals surface area contributed by atoms with E-state index < -0.39 is 0 Å². The summed E-state index contributed by atoms with van der Waals surface area (Å²) in [6, 6.07) is 9.71. The molecule has 1 aliphatic heterocycles. The zero-order valence-corrected chi connectivity index (χ0v) is 19.1. The first-order valence-corrected chi connectivity index (χ1v) is 11.8.